The number of rotatable bonds is 3. The molecule has 1 aromatic heterocycles. The van der Waals surface area contributed by atoms with E-state index < -0.39 is 17.6 Å². The molecule has 0 fully saturated rings. The van der Waals surface area contributed by atoms with Crippen molar-refractivity contribution in [3.63, 3.8) is 0 Å². The van der Waals surface area contributed by atoms with E-state index in [1.54, 1.807) is 25.1 Å². The smallest absolute Gasteiger partial charge is 0.338 e. The van der Waals surface area contributed by atoms with Crippen molar-refractivity contribution < 1.29 is 18.3 Å². The number of ether oxygens (including phenoxy) is 1. The zero-order chi connectivity index (χ0) is 15.7. The van der Waals surface area contributed by atoms with E-state index >= 15 is 0 Å². The summed E-state index contributed by atoms with van der Waals surface area (Å²) >= 11 is 0. The summed E-state index contributed by atoms with van der Waals surface area (Å²) in [4.78, 5) is 19.0. The summed E-state index contributed by atoms with van der Waals surface area (Å²) < 4.78 is 31.2. The predicted molar refractivity (Wildman–Crippen MR) is 77.4 cm³/mol. The van der Waals surface area contributed by atoms with Gasteiger partial charge in [-0.3, -0.25) is 0 Å². The molecule has 3 rings (SSSR count). The van der Waals surface area contributed by atoms with Gasteiger partial charge in [0.05, 0.1) is 23.2 Å². The number of aromatic amines is 1. The highest BCUT2D eigenvalue weighted by Gasteiger charge is 2.12. The van der Waals surface area contributed by atoms with Crippen LogP contribution in [-0.4, -0.2) is 22.5 Å². The van der Waals surface area contributed by atoms with Gasteiger partial charge in [-0.15, -0.1) is 0 Å². The van der Waals surface area contributed by atoms with Crippen molar-refractivity contribution in [3.05, 3.63) is 53.6 Å². The van der Waals surface area contributed by atoms with Crippen molar-refractivity contribution in [2.24, 2.45) is 0 Å². The third-order valence-corrected chi connectivity index (χ3v) is 3.19. The third kappa shape index (κ3) is 2.55. The van der Waals surface area contributed by atoms with Crippen LogP contribution < -0.4 is 0 Å². The van der Waals surface area contributed by atoms with Crippen LogP contribution in [-0.2, 0) is 4.74 Å². The van der Waals surface area contributed by atoms with Crippen molar-refractivity contribution in [2.45, 2.75) is 6.92 Å². The lowest BCUT2D eigenvalue weighted by Gasteiger charge is -2.00. The van der Waals surface area contributed by atoms with E-state index in [1.807, 2.05) is 0 Å². The molecule has 0 aliphatic carbocycles. The summed E-state index contributed by atoms with van der Waals surface area (Å²) in [6.07, 6.45) is 0. The van der Waals surface area contributed by atoms with Gasteiger partial charge in [0, 0.05) is 5.56 Å². The molecule has 112 valence electrons. The van der Waals surface area contributed by atoms with Crippen LogP contribution in [0.2, 0.25) is 0 Å². The van der Waals surface area contributed by atoms with Gasteiger partial charge in [-0.2, -0.15) is 0 Å². The molecule has 0 radical (unpaired) electrons. The molecule has 0 saturated heterocycles. The second-order valence-electron chi connectivity index (χ2n) is 4.67. The number of hydrogen-bond acceptors (Lipinski definition) is 3. The van der Waals surface area contributed by atoms with Gasteiger partial charge in [0.25, 0.3) is 0 Å². The molecule has 0 spiro atoms. The number of imidazole rings is 1. The van der Waals surface area contributed by atoms with Crippen LogP contribution in [0.3, 0.4) is 0 Å². The zero-order valence-corrected chi connectivity index (χ0v) is 11.7. The molecular formula is C16H12F2N2O2. The molecule has 0 atom stereocenters. The maximum atomic E-state index is 13.3. The van der Waals surface area contributed by atoms with E-state index in [9.17, 15) is 13.6 Å². The van der Waals surface area contributed by atoms with Gasteiger partial charge in [0.15, 0.2) is 11.6 Å². The number of hydrogen-bond donors (Lipinski definition) is 1. The minimum Gasteiger partial charge on any atom is -0.462 e. The van der Waals surface area contributed by atoms with E-state index in [4.69, 9.17) is 4.74 Å². The molecule has 0 aliphatic rings. The largest absolute Gasteiger partial charge is 0.462 e. The second kappa shape index (κ2) is 5.55. The van der Waals surface area contributed by atoms with Crippen molar-refractivity contribution in [3.8, 4) is 11.4 Å². The summed E-state index contributed by atoms with van der Waals surface area (Å²) in [5.41, 5.74) is 2.06. The van der Waals surface area contributed by atoms with E-state index in [0.717, 1.165) is 12.1 Å². The average molecular weight is 302 g/mol. The van der Waals surface area contributed by atoms with Crippen molar-refractivity contribution >= 4 is 17.0 Å². The van der Waals surface area contributed by atoms with Crippen LogP contribution in [0, 0.1) is 11.6 Å². The summed E-state index contributed by atoms with van der Waals surface area (Å²) in [5, 5.41) is 0. The monoisotopic (exact) mass is 302 g/mol. The number of benzene rings is 2. The highest BCUT2D eigenvalue weighted by molar-refractivity contribution is 5.94. The van der Waals surface area contributed by atoms with Gasteiger partial charge in [0.1, 0.15) is 5.82 Å². The Morgan fingerprint density at radius 1 is 1.18 bits per heavy atom. The lowest BCUT2D eigenvalue weighted by molar-refractivity contribution is 0.0526. The first kappa shape index (κ1) is 14.2. The molecular weight excluding hydrogens is 290 g/mol. The molecule has 1 heterocycles. The number of fused-ring (bicyclic) bond motifs is 1. The Morgan fingerprint density at radius 3 is 2.73 bits per heavy atom. The minimum atomic E-state index is -0.940. The van der Waals surface area contributed by atoms with E-state index in [1.165, 1.54) is 6.07 Å². The Morgan fingerprint density at radius 2 is 2.00 bits per heavy atom. The highest BCUT2D eigenvalue weighted by Crippen LogP contribution is 2.23. The first-order valence-electron chi connectivity index (χ1n) is 6.71. The SMILES string of the molecule is CCOC(=O)c1ccc2nc(-c3ccc(F)c(F)c3)[nH]c2c1. The molecule has 0 aliphatic heterocycles. The van der Waals surface area contributed by atoms with Crippen LogP contribution in [0.25, 0.3) is 22.4 Å². The first-order chi connectivity index (χ1) is 10.6. The number of aromatic nitrogens is 2. The molecule has 0 amide bonds. The fraction of sp³-hybridized carbons (Fsp3) is 0.125. The van der Waals surface area contributed by atoms with Crippen molar-refractivity contribution in [2.75, 3.05) is 6.61 Å². The number of carbonyl (C=O) groups excluding carboxylic acids is 1. The molecule has 0 saturated carbocycles. The maximum absolute atomic E-state index is 13.3. The van der Waals surface area contributed by atoms with Crippen LogP contribution in [0.1, 0.15) is 17.3 Å². The van der Waals surface area contributed by atoms with Gasteiger partial charge in [0.2, 0.25) is 0 Å². The van der Waals surface area contributed by atoms with Crippen LogP contribution in [0.4, 0.5) is 8.78 Å². The van der Waals surface area contributed by atoms with E-state index in [-0.39, 0.29) is 0 Å². The number of nitrogens with one attached hydrogen (secondary N) is 1. The van der Waals surface area contributed by atoms with Crippen LogP contribution >= 0.6 is 0 Å². The maximum Gasteiger partial charge on any atom is 0.338 e. The molecule has 0 unspecified atom stereocenters. The van der Waals surface area contributed by atoms with Gasteiger partial charge in [-0.05, 0) is 43.3 Å². The summed E-state index contributed by atoms with van der Waals surface area (Å²) in [6, 6.07) is 8.44. The Kier molecular flexibility index (Phi) is 3.58. The fourth-order valence-corrected chi connectivity index (χ4v) is 2.13. The number of esters is 1. The van der Waals surface area contributed by atoms with Crippen molar-refractivity contribution in [1.29, 1.82) is 0 Å². The second-order valence-corrected chi connectivity index (χ2v) is 4.67. The molecule has 2 aromatic carbocycles. The summed E-state index contributed by atoms with van der Waals surface area (Å²) in [7, 11) is 0. The average Bonchev–Trinajstić information content (AvgIpc) is 2.93. The number of H-pyrrole nitrogens is 1. The molecule has 6 heteroatoms. The molecule has 1 N–H and O–H groups in total. The predicted octanol–water partition coefficient (Wildman–Crippen LogP) is 3.68. The Hall–Kier alpha value is -2.76. The lowest BCUT2D eigenvalue weighted by Crippen LogP contribution is -2.04. The van der Waals surface area contributed by atoms with Crippen LogP contribution in [0.5, 0.6) is 0 Å². The van der Waals surface area contributed by atoms with Crippen molar-refractivity contribution in [1.82, 2.24) is 9.97 Å². The van der Waals surface area contributed by atoms with Gasteiger partial charge >= 0.3 is 5.97 Å². The standard InChI is InChI=1S/C16H12F2N2O2/c1-2-22-16(21)10-4-6-13-14(8-10)20-15(19-13)9-3-5-11(17)12(18)7-9/h3-8H,2H2,1H3,(H,19,20). The van der Waals surface area contributed by atoms with E-state index in [0.29, 0.717) is 34.6 Å². The normalized spacial score (nSPS) is 10.9. The third-order valence-electron chi connectivity index (χ3n) is 3.19. The molecule has 3 aromatic rings. The minimum absolute atomic E-state index is 0.292. The number of halogens is 2. The summed E-state index contributed by atoms with van der Waals surface area (Å²) in [6.45, 7) is 2.02. The van der Waals surface area contributed by atoms with Gasteiger partial charge in [-0.1, -0.05) is 0 Å². The number of nitrogens with zero attached hydrogens (tertiary/aromatic N) is 1. The highest BCUT2D eigenvalue weighted by atomic mass is 19.2. The summed E-state index contributed by atoms with van der Waals surface area (Å²) in [5.74, 6) is -1.88. The first-order valence-corrected chi connectivity index (χ1v) is 6.71. The topological polar surface area (TPSA) is 55.0 Å². The van der Waals surface area contributed by atoms with Gasteiger partial charge in [-0.25, -0.2) is 18.6 Å². The van der Waals surface area contributed by atoms with E-state index in [2.05, 4.69) is 9.97 Å². The molecule has 0 bridgehead atoms. The Balaban J connectivity index is 2.02. The molecule has 22 heavy (non-hydrogen) atoms. The fourth-order valence-electron chi connectivity index (χ4n) is 2.13. The zero-order valence-electron chi connectivity index (χ0n) is 11.7. The lowest BCUT2D eigenvalue weighted by atomic mass is 10.2. The Labute approximate surface area is 124 Å². The Bertz CT molecular complexity index is 858. The quantitative estimate of drug-likeness (QED) is 0.751. The molecule has 4 nitrogen and oxygen atoms in total. The number of carbonyl (C=O) groups is 1. The van der Waals surface area contributed by atoms with Crippen LogP contribution in [0.15, 0.2) is 36.4 Å². The van der Waals surface area contributed by atoms with Gasteiger partial charge < -0.3 is 9.72 Å².